The number of hydrogen-bond acceptors (Lipinski definition) is 3. The molecule has 0 bridgehead atoms. The second-order valence-corrected chi connectivity index (χ2v) is 7.62. The number of benzene rings is 2. The van der Waals surface area contributed by atoms with Crippen LogP contribution in [0.15, 0.2) is 41.3 Å². The van der Waals surface area contributed by atoms with Crippen molar-refractivity contribution in [3.05, 3.63) is 64.4 Å². The molecule has 9 heteroatoms. The van der Waals surface area contributed by atoms with Crippen molar-refractivity contribution in [2.45, 2.75) is 4.90 Å². The summed E-state index contributed by atoms with van der Waals surface area (Å²) in [6.45, 7) is 1.35. The first-order valence-corrected chi connectivity index (χ1v) is 9.81. The fraction of sp³-hybridized carbons (Fsp3) is 0.263. The van der Waals surface area contributed by atoms with Gasteiger partial charge >= 0.3 is 0 Å². The summed E-state index contributed by atoms with van der Waals surface area (Å²) in [6, 6.07) is 7.09. The van der Waals surface area contributed by atoms with E-state index in [-0.39, 0.29) is 28.2 Å². The Labute approximate surface area is 169 Å². The summed E-state index contributed by atoms with van der Waals surface area (Å²) in [5, 5.41) is 0.0476. The van der Waals surface area contributed by atoms with Crippen LogP contribution in [0.2, 0.25) is 5.02 Å². The van der Waals surface area contributed by atoms with Crippen molar-refractivity contribution in [3.8, 4) is 0 Å². The monoisotopic (exact) mass is 428 g/mol. The van der Waals surface area contributed by atoms with Crippen molar-refractivity contribution in [1.82, 2.24) is 9.80 Å². The number of halogens is 4. The SMILES string of the molecule is O=C(CSc1ccc(F)c(F)c1)N1CCN(C(=O)c2ccc(F)cc2Cl)CC1. The number of nitrogens with zero attached hydrogens (tertiary/aromatic N) is 2. The minimum Gasteiger partial charge on any atom is -0.338 e. The lowest BCUT2D eigenvalue weighted by atomic mass is 10.1. The van der Waals surface area contributed by atoms with E-state index in [1.165, 1.54) is 18.2 Å². The first-order valence-electron chi connectivity index (χ1n) is 8.45. The summed E-state index contributed by atoms with van der Waals surface area (Å²) in [7, 11) is 0. The van der Waals surface area contributed by atoms with Crippen LogP contribution in [-0.4, -0.2) is 53.5 Å². The zero-order valence-electron chi connectivity index (χ0n) is 14.6. The van der Waals surface area contributed by atoms with Crippen molar-refractivity contribution < 1.29 is 22.8 Å². The third kappa shape index (κ3) is 4.80. The van der Waals surface area contributed by atoms with Crippen molar-refractivity contribution >= 4 is 35.2 Å². The Hall–Kier alpha value is -2.19. The van der Waals surface area contributed by atoms with Crippen molar-refractivity contribution in [1.29, 1.82) is 0 Å². The van der Waals surface area contributed by atoms with E-state index < -0.39 is 17.5 Å². The summed E-state index contributed by atoms with van der Waals surface area (Å²) in [6.07, 6.45) is 0. The minimum atomic E-state index is -0.955. The molecule has 1 saturated heterocycles. The average Bonchev–Trinajstić information content (AvgIpc) is 2.68. The second-order valence-electron chi connectivity index (χ2n) is 6.16. The Balaban J connectivity index is 1.52. The predicted octanol–water partition coefficient (Wildman–Crippen LogP) is 3.83. The molecule has 1 heterocycles. The average molecular weight is 429 g/mol. The second kappa shape index (κ2) is 8.87. The Morgan fingerprint density at radius 3 is 2.25 bits per heavy atom. The maximum absolute atomic E-state index is 13.2. The Bertz CT molecular complexity index is 905. The van der Waals surface area contributed by atoms with E-state index in [4.69, 9.17) is 11.6 Å². The molecule has 2 amide bonds. The van der Waals surface area contributed by atoms with E-state index in [0.29, 0.717) is 31.1 Å². The van der Waals surface area contributed by atoms with Crippen LogP contribution in [0.3, 0.4) is 0 Å². The summed E-state index contributed by atoms with van der Waals surface area (Å²) in [5.41, 5.74) is 0.219. The molecule has 0 spiro atoms. The molecule has 0 aromatic heterocycles. The van der Waals surface area contributed by atoms with Crippen molar-refractivity contribution in [2.75, 3.05) is 31.9 Å². The lowest BCUT2D eigenvalue weighted by Gasteiger charge is -2.35. The third-order valence-corrected chi connectivity index (χ3v) is 5.63. The molecule has 1 aliphatic rings. The molecule has 0 atom stereocenters. The van der Waals surface area contributed by atoms with E-state index in [9.17, 15) is 22.8 Å². The molecule has 148 valence electrons. The van der Waals surface area contributed by atoms with Gasteiger partial charge in [0.25, 0.3) is 5.91 Å². The molecule has 1 fully saturated rings. The molecule has 2 aromatic carbocycles. The van der Waals surface area contributed by atoms with Gasteiger partial charge in [-0.25, -0.2) is 13.2 Å². The zero-order chi connectivity index (χ0) is 20.3. The summed E-state index contributed by atoms with van der Waals surface area (Å²) < 4.78 is 39.3. The van der Waals surface area contributed by atoms with Crippen LogP contribution in [-0.2, 0) is 4.79 Å². The smallest absolute Gasteiger partial charge is 0.255 e. The van der Waals surface area contributed by atoms with Crippen LogP contribution in [0.4, 0.5) is 13.2 Å². The number of rotatable bonds is 4. The van der Waals surface area contributed by atoms with Gasteiger partial charge in [0.1, 0.15) is 5.82 Å². The van der Waals surface area contributed by atoms with Gasteiger partial charge in [-0.05, 0) is 36.4 Å². The van der Waals surface area contributed by atoms with Gasteiger partial charge in [0.2, 0.25) is 5.91 Å². The summed E-state index contributed by atoms with van der Waals surface area (Å²) in [5.74, 6) is -2.78. The highest BCUT2D eigenvalue weighted by atomic mass is 35.5. The lowest BCUT2D eigenvalue weighted by Crippen LogP contribution is -2.51. The molecule has 0 aliphatic carbocycles. The van der Waals surface area contributed by atoms with Gasteiger partial charge in [-0.2, -0.15) is 0 Å². The van der Waals surface area contributed by atoms with Crippen LogP contribution in [0.25, 0.3) is 0 Å². The molecule has 0 saturated carbocycles. The Morgan fingerprint density at radius 2 is 1.61 bits per heavy atom. The van der Waals surface area contributed by atoms with Crippen molar-refractivity contribution in [3.63, 3.8) is 0 Å². The largest absolute Gasteiger partial charge is 0.338 e. The molecule has 0 radical (unpaired) electrons. The number of amides is 2. The minimum absolute atomic E-state index is 0.0476. The fourth-order valence-corrected chi connectivity index (χ4v) is 3.87. The quantitative estimate of drug-likeness (QED) is 0.695. The van der Waals surface area contributed by atoms with Gasteiger partial charge in [-0.3, -0.25) is 9.59 Å². The molecule has 0 unspecified atom stereocenters. The topological polar surface area (TPSA) is 40.6 Å². The van der Waals surface area contributed by atoms with E-state index in [2.05, 4.69) is 0 Å². The first kappa shape index (κ1) is 20.5. The molecular formula is C19H16ClF3N2O2S. The maximum atomic E-state index is 13.2. The van der Waals surface area contributed by atoms with Gasteiger partial charge in [-0.1, -0.05) is 11.6 Å². The number of hydrogen-bond donors (Lipinski definition) is 0. The molecule has 4 nitrogen and oxygen atoms in total. The number of carbonyl (C=O) groups is 2. The van der Waals surface area contributed by atoms with Gasteiger partial charge in [0.15, 0.2) is 11.6 Å². The van der Waals surface area contributed by atoms with Gasteiger partial charge in [0.05, 0.1) is 16.3 Å². The molecule has 28 heavy (non-hydrogen) atoms. The third-order valence-electron chi connectivity index (χ3n) is 4.33. The lowest BCUT2D eigenvalue weighted by molar-refractivity contribution is -0.129. The van der Waals surface area contributed by atoms with Crippen LogP contribution >= 0.6 is 23.4 Å². The number of carbonyl (C=O) groups excluding carboxylic acids is 2. The highest BCUT2D eigenvalue weighted by Crippen LogP contribution is 2.22. The van der Waals surface area contributed by atoms with E-state index in [1.54, 1.807) is 9.80 Å². The summed E-state index contributed by atoms with van der Waals surface area (Å²) in [4.78, 5) is 28.5. The summed E-state index contributed by atoms with van der Waals surface area (Å²) >= 11 is 7.06. The van der Waals surface area contributed by atoms with Gasteiger partial charge in [-0.15, -0.1) is 11.8 Å². The van der Waals surface area contributed by atoms with Gasteiger partial charge in [0, 0.05) is 31.1 Å². The molecule has 0 N–H and O–H groups in total. The van der Waals surface area contributed by atoms with Crippen LogP contribution in [0.5, 0.6) is 0 Å². The Morgan fingerprint density at radius 1 is 0.929 bits per heavy atom. The number of piperazine rings is 1. The molecular weight excluding hydrogens is 413 g/mol. The van der Waals surface area contributed by atoms with E-state index in [1.807, 2.05) is 0 Å². The highest BCUT2D eigenvalue weighted by Gasteiger charge is 2.26. The van der Waals surface area contributed by atoms with E-state index >= 15 is 0 Å². The first-order chi connectivity index (χ1) is 13.3. The van der Waals surface area contributed by atoms with E-state index in [0.717, 1.165) is 30.0 Å². The van der Waals surface area contributed by atoms with Crippen LogP contribution in [0.1, 0.15) is 10.4 Å². The molecule has 1 aliphatic heterocycles. The number of thioether (sulfide) groups is 1. The molecule has 3 rings (SSSR count). The highest BCUT2D eigenvalue weighted by molar-refractivity contribution is 8.00. The predicted molar refractivity (Wildman–Crippen MR) is 101 cm³/mol. The zero-order valence-corrected chi connectivity index (χ0v) is 16.2. The van der Waals surface area contributed by atoms with Crippen LogP contribution < -0.4 is 0 Å². The standard InChI is InChI=1S/C19H16ClF3N2O2S/c20-15-9-12(21)1-3-14(15)19(27)25-7-5-24(6-8-25)18(26)11-28-13-2-4-16(22)17(23)10-13/h1-4,9-10H,5-8,11H2. The van der Waals surface area contributed by atoms with Crippen LogP contribution in [0, 0.1) is 17.5 Å². The Kier molecular flexibility index (Phi) is 6.51. The van der Waals surface area contributed by atoms with Gasteiger partial charge < -0.3 is 9.80 Å². The molecule has 2 aromatic rings. The maximum Gasteiger partial charge on any atom is 0.255 e. The van der Waals surface area contributed by atoms with Crippen molar-refractivity contribution in [2.24, 2.45) is 0 Å². The normalized spacial score (nSPS) is 14.3. The fourth-order valence-electron chi connectivity index (χ4n) is 2.80.